The maximum Gasteiger partial charge on any atom is 0.0399 e. The van der Waals surface area contributed by atoms with Crippen molar-refractivity contribution in [3.63, 3.8) is 0 Å². The molecule has 10 rings (SSSR count). The van der Waals surface area contributed by atoms with Crippen molar-refractivity contribution >= 4 is 75.6 Å². The minimum Gasteiger partial charge on any atom is -0.372 e. The standard InChI is InChI=1S/C82H101N4PS4/c1-9-17-54-83(55-18-10-2)66-38-30-62(31-39-66)71-46-50-75(88-71)79-80(76-51-47-72(89-76)63-32-40-67(41-33-63)84(56-19-11-3)57-20-12-4)82(78-53-49-74(91-78)65-36-44-69(45-37-65)86(60-23-15-7)61-24-16-8)87(70-28-26-25-27-29-70)81(79)77-52-48-73(90-77)64-34-42-68(43-35-64)85(58-21-13-5)59-22-14-6/h25-53H,9-24,54-61H2,1-8H3. The molecule has 91 heavy (non-hydrogen) atoms. The fourth-order valence-corrected chi connectivity index (χ4v) is 20.2. The van der Waals surface area contributed by atoms with Crippen LogP contribution >= 0.6 is 52.9 Å². The summed E-state index contributed by atoms with van der Waals surface area (Å²) >= 11 is 7.91. The maximum atomic E-state index is 2.61. The highest BCUT2D eigenvalue weighted by atomic mass is 32.1. The lowest BCUT2D eigenvalue weighted by Crippen LogP contribution is -2.25. The molecule has 0 aliphatic heterocycles. The van der Waals surface area contributed by atoms with Gasteiger partial charge in [-0.1, -0.05) is 193 Å². The Morgan fingerprint density at radius 1 is 0.242 bits per heavy atom. The molecule has 0 amide bonds. The largest absolute Gasteiger partial charge is 0.372 e. The van der Waals surface area contributed by atoms with Gasteiger partial charge in [0.25, 0.3) is 0 Å². The normalized spacial score (nSPS) is 11.5. The summed E-state index contributed by atoms with van der Waals surface area (Å²) in [7, 11) is -1.07. The molecule has 0 spiro atoms. The van der Waals surface area contributed by atoms with Crippen molar-refractivity contribution in [2.45, 2.75) is 158 Å². The summed E-state index contributed by atoms with van der Waals surface area (Å²) in [6.45, 7) is 27.3. The Labute approximate surface area is 565 Å². The second kappa shape index (κ2) is 34.7. The summed E-state index contributed by atoms with van der Waals surface area (Å²) in [5.41, 5.74) is 13.3. The number of unbranched alkanes of at least 4 members (excludes halogenated alkanes) is 8. The van der Waals surface area contributed by atoms with Crippen LogP contribution in [0.4, 0.5) is 22.7 Å². The average Bonchev–Trinajstić information content (AvgIpc) is 1.57. The number of thiophene rings is 4. The van der Waals surface area contributed by atoms with Gasteiger partial charge < -0.3 is 19.6 Å². The number of benzene rings is 5. The SMILES string of the molecule is CCCCN(CCCC)c1ccc(-c2ccc(-c3c(-c4ccc(-c5ccc(N(CCCC)CCCC)cc5)s4)c(-c4ccc(-c5ccc(N(CCCC)CCCC)cc5)s4)p(-c4ccccc4)c3-c3ccc(-c4ccc(N(CCCC)CCCC)cc4)s3)s2)cc1. The zero-order valence-electron chi connectivity index (χ0n) is 56.1. The first-order valence-corrected chi connectivity index (χ1v) is 39.6. The van der Waals surface area contributed by atoms with E-state index >= 15 is 0 Å². The number of nitrogens with zero attached hydrogens (tertiary/aromatic N) is 4. The van der Waals surface area contributed by atoms with Crippen LogP contribution in [0.25, 0.3) is 88.3 Å². The lowest BCUT2D eigenvalue weighted by atomic mass is 10.0. The van der Waals surface area contributed by atoms with E-state index in [1.54, 1.807) is 0 Å². The molecule has 9 heteroatoms. The van der Waals surface area contributed by atoms with Crippen LogP contribution in [0.3, 0.4) is 0 Å². The molecule has 0 fully saturated rings. The summed E-state index contributed by atoms with van der Waals surface area (Å²) in [4.78, 5) is 21.0. The topological polar surface area (TPSA) is 13.0 Å². The molecule has 0 aliphatic rings. The predicted octanol–water partition coefficient (Wildman–Crippen LogP) is 26.9. The van der Waals surface area contributed by atoms with Gasteiger partial charge in [0, 0.05) is 136 Å². The highest BCUT2D eigenvalue weighted by Crippen LogP contribution is 2.69. The molecular weight excluding hydrogens is 1200 g/mol. The second-order valence-electron chi connectivity index (χ2n) is 24.7. The number of anilines is 4. The quantitative estimate of drug-likeness (QED) is 0.0385. The van der Waals surface area contributed by atoms with Gasteiger partial charge >= 0.3 is 0 Å². The van der Waals surface area contributed by atoms with Gasteiger partial charge in [-0.25, -0.2) is 0 Å². The summed E-state index contributed by atoms with van der Waals surface area (Å²) < 4.78 is 0. The minimum atomic E-state index is -1.07. The van der Waals surface area contributed by atoms with E-state index in [0.29, 0.717) is 0 Å². The maximum absolute atomic E-state index is 2.61. The number of hydrogen-bond donors (Lipinski definition) is 0. The first-order valence-electron chi connectivity index (χ1n) is 35.0. The molecule has 478 valence electrons. The number of rotatable bonds is 37. The van der Waals surface area contributed by atoms with Gasteiger partial charge in [0.05, 0.1) is 0 Å². The van der Waals surface area contributed by atoms with Crippen LogP contribution in [0.15, 0.2) is 176 Å². The van der Waals surface area contributed by atoms with E-state index in [4.69, 9.17) is 0 Å². The third kappa shape index (κ3) is 17.0. The Hall–Kier alpha value is -6.12. The molecule has 0 saturated carbocycles. The Morgan fingerprint density at radius 2 is 0.462 bits per heavy atom. The molecule has 0 N–H and O–H groups in total. The van der Waals surface area contributed by atoms with E-state index in [-0.39, 0.29) is 0 Å². The van der Waals surface area contributed by atoms with E-state index in [9.17, 15) is 0 Å². The summed E-state index contributed by atoms with van der Waals surface area (Å²) in [5.74, 6) is 0. The van der Waals surface area contributed by atoms with E-state index < -0.39 is 7.53 Å². The Bertz CT molecular complexity index is 3480. The van der Waals surface area contributed by atoms with Gasteiger partial charge in [-0.3, -0.25) is 0 Å². The first kappa shape index (κ1) is 67.8. The van der Waals surface area contributed by atoms with Crippen molar-refractivity contribution in [1.82, 2.24) is 0 Å². The van der Waals surface area contributed by atoms with Gasteiger partial charge in [0.1, 0.15) is 0 Å². The third-order valence-corrected chi connectivity index (χ3v) is 25.4. The monoisotopic (exact) mass is 1300 g/mol. The third-order valence-electron chi connectivity index (χ3n) is 17.9. The zero-order valence-corrected chi connectivity index (χ0v) is 60.2. The van der Waals surface area contributed by atoms with Crippen LogP contribution in [0.2, 0.25) is 0 Å². The van der Waals surface area contributed by atoms with E-state index in [1.165, 1.54) is 214 Å². The average molecular weight is 1300 g/mol. The Morgan fingerprint density at radius 3 is 0.703 bits per heavy atom. The highest BCUT2D eigenvalue weighted by molar-refractivity contribution is 7.65. The van der Waals surface area contributed by atoms with Crippen LogP contribution in [-0.2, 0) is 0 Å². The highest BCUT2D eigenvalue weighted by Gasteiger charge is 2.32. The van der Waals surface area contributed by atoms with Crippen molar-refractivity contribution in [1.29, 1.82) is 0 Å². The van der Waals surface area contributed by atoms with Gasteiger partial charge in [-0.15, -0.1) is 45.3 Å². The van der Waals surface area contributed by atoms with E-state index in [1.807, 2.05) is 45.3 Å². The molecule has 0 aliphatic carbocycles. The zero-order chi connectivity index (χ0) is 63.3. The molecule has 10 aromatic rings. The Balaban J connectivity index is 1.17. The van der Waals surface area contributed by atoms with E-state index in [2.05, 4.69) is 251 Å². The van der Waals surface area contributed by atoms with Crippen LogP contribution < -0.4 is 19.6 Å². The van der Waals surface area contributed by atoms with Crippen molar-refractivity contribution < 1.29 is 0 Å². The van der Waals surface area contributed by atoms with Gasteiger partial charge in [0.15, 0.2) is 0 Å². The summed E-state index contributed by atoms with van der Waals surface area (Å²) in [5, 5.41) is 4.32. The van der Waals surface area contributed by atoms with Gasteiger partial charge in [-0.2, -0.15) is 0 Å². The fourth-order valence-electron chi connectivity index (χ4n) is 12.5. The van der Waals surface area contributed by atoms with Crippen molar-refractivity contribution in [3.8, 4) is 88.3 Å². The molecular formula is C82H101N4PS4. The molecule has 5 heterocycles. The first-order chi connectivity index (χ1) is 44.8. The smallest absolute Gasteiger partial charge is 0.0399 e. The second-order valence-corrected chi connectivity index (χ2v) is 31.2. The summed E-state index contributed by atoms with van der Waals surface area (Å²) in [6.07, 6.45) is 19.3. The Kier molecular flexibility index (Phi) is 25.8. The lowest BCUT2D eigenvalue weighted by Gasteiger charge is -2.25. The van der Waals surface area contributed by atoms with Crippen LogP contribution in [0.5, 0.6) is 0 Å². The van der Waals surface area contributed by atoms with Gasteiger partial charge in [-0.05, 0) is 176 Å². The van der Waals surface area contributed by atoms with Crippen LogP contribution in [0, 0.1) is 0 Å². The van der Waals surface area contributed by atoms with Gasteiger partial charge in [0.2, 0.25) is 0 Å². The predicted molar refractivity (Wildman–Crippen MR) is 414 cm³/mol. The molecule has 5 aromatic carbocycles. The molecule has 0 radical (unpaired) electrons. The molecule has 0 unspecified atom stereocenters. The fraction of sp³-hybridized carbons (Fsp3) is 0.390. The molecule has 4 nitrogen and oxygen atoms in total. The molecule has 0 bridgehead atoms. The van der Waals surface area contributed by atoms with Crippen molar-refractivity contribution in [2.24, 2.45) is 0 Å². The molecule has 0 atom stereocenters. The molecule has 0 saturated heterocycles. The lowest BCUT2D eigenvalue weighted by molar-refractivity contribution is 0.678. The van der Waals surface area contributed by atoms with Crippen molar-refractivity contribution in [2.75, 3.05) is 72.0 Å². The minimum absolute atomic E-state index is 1.07. The van der Waals surface area contributed by atoms with Crippen LogP contribution in [-0.4, -0.2) is 52.4 Å². The van der Waals surface area contributed by atoms with Crippen LogP contribution in [0.1, 0.15) is 158 Å². The number of hydrogen-bond acceptors (Lipinski definition) is 8. The molecule has 5 aromatic heterocycles. The summed E-state index contributed by atoms with van der Waals surface area (Å²) in [6, 6.07) is 69.4. The van der Waals surface area contributed by atoms with E-state index in [0.717, 1.165) is 52.4 Å². The van der Waals surface area contributed by atoms with Crippen molar-refractivity contribution in [3.05, 3.63) is 176 Å².